The maximum atomic E-state index is 11.5. The fraction of sp³-hybridized carbons (Fsp3) is 0.562. The summed E-state index contributed by atoms with van der Waals surface area (Å²) < 4.78 is 0. The largest absolute Gasteiger partial charge is 0.478 e. The molecule has 0 amide bonds. The molecule has 0 spiro atoms. The standard InChI is InChI=1S/C16H24N2O2/c1-4-13-11-17(3)8-5-9-18(13)15-10-12(2)6-7-14(15)16(19)20/h6-7,10,13H,4-5,8-9,11H2,1-3H3,(H,19,20). The maximum Gasteiger partial charge on any atom is 0.337 e. The zero-order valence-electron chi connectivity index (χ0n) is 12.6. The van der Waals surface area contributed by atoms with E-state index in [1.807, 2.05) is 19.1 Å². The summed E-state index contributed by atoms with van der Waals surface area (Å²) in [5.74, 6) is -0.840. The summed E-state index contributed by atoms with van der Waals surface area (Å²) >= 11 is 0. The number of hydrogen-bond donors (Lipinski definition) is 1. The number of benzene rings is 1. The molecule has 1 aromatic rings. The van der Waals surface area contributed by atoms with Crippen LogP contribution in [0.25, 0.3) is 0 Å². The van der Waals surface area contributed by atoms with Gasteiger partial charge in [-0.15, -0.1) is 0 Å². The van der Waals surface area contributed by atoms with Gasteiger partial charge in [0.15, 0.2) is 0 Å². The van der Waals surface area contributed by atoms with Crippen molar-refractivity contribution in [2.24, 2.45) is 0 Å². The average molecular weight is 276 g/mol. The summed E-state index contributed by atoms with van der Waals surface area (Å²) in [7, 11) is 2.14. The molecule has 1 saturated heterocycles. The Morgan fingerprint density at radius 3 is 2.80 bits per heavy atom. The normalized spacial score (nSPS) is 20.8. The van der Waals surface area contributed by atoms with Crippen LogP contribution in [0.1, 0.15) is 35.7 Å². The number of anilines is 1. The highest BCUT2D eigenvalue weighted by Crippen LogP contribution is 2.27. The summed E-state index contributed by atoms with van der Waals surface area (Å²) in [6.07, 6.45) is 2.09. The molecule has 1 atom stereocenters. The summed E-state index contributed by atoms with van der Waals surface area (Å²) in [5.41, 5.74) is 2.40. The minimum Gasteiger partial charge on any atom is -0.478 e. The van der Waals surface area contributed by atoms with Crippen molar-refractivity contribution in [2.45, 2.75) is 32.7 Å². The van der Waals surface area contributed by atoms with Crippen molar-refractivity contribution in [3.05, 3.63) is 29.3 Å². The van der Waals surface area contributed by atoms with Gasteiger partial charge in [0, 0.05) is 19.1 Å². The molecule has 2 rings (SSSR count). The molecule has 1 N–H and O–H groups in total. The molecule has 1 heterocycles. The van der Waals surface area contributed by atoms with Crippen molar-refractivity contribution < 1.29 is 9.90 Å². The van der Waals surface area contributed by atoms with E-state index in [0.717, 1.165) is 43.7 Å². The quantitative estimate of drug-likeness (QED) is 0.921. The number of carbonyl (C=O) groups is 1. The van der Waals surface area contributed by atoms with Crippen LogP contribution in [0.5, 0.6) is 0 Å². The Bertz CT molecular complexity index is 487. The van der Waals surface area contributed by atoms with E-state index in [9.17, 15) is 9.90 Å². The number of aromatic carboxylic acids is 1. The van der Waals surface area contributed by atoms with Gasteiger partial charge in [0.1, 0.15) is 0 Å². The minimum absolute atomic E-state index is 0.377. The number of rotatable bonds is 3. The third-order valence-corrected chi connectivity index (χ3v) is 4.07. The van der Waals surface area contributed by atoms with E-state index in [2.05, 4.69) is 23.8 Å². The smallest absolute Gasteiger partial charge is 0.337 e. The second-order valence-electron chi connectivity index (χ2n) is 5.70. The van der Waals surface area contributed by atoms with Gasteiger partial charge < -0.3 is 14.9 Å². The van der Waals surface area contributed by atoms with E-state index in [1.165, 1.54) is 0 Å². The number of nitrogens with zero attached hydrogens (tertiary/aromatic N) is 2. The molecule has 20 heavy (non-hydrogen) atoms. The van der Waals surface area contributed by atoms with Gasteiger partial charge in [-0.2, -0.15) is 0 Å². The van der Waals surface area contributed by atoms with Crippen LogP contribution in [-0.2, 0) is 0 Å². The Hall–Kier alpha value is -1.55. The first kappa shape index (κ1) is 14.9. The van der Waals surface area contributed by atoms with E-state index < -0.39 is 5.97 Å². The second-order valence-corrected chi connectivity index (χ2v) is 5.70. The van der Waals surface area contributed by atoms with Gasteiger partial charge in [0.25, 0.3) is 0 Å². The van der Waals surface area contributed by atoms with Crippen molar-refractivity contribution in [1.29, 1.82) is 0 Å². The van der Waals surface area contributed by atoms with Crippen molar-refractivity contribution in [3.63, 3.8) is 0 Å². The maximum absolute atomic E-state index is 11.5. The van der Waals surface area contributed by atoms with Crippen LogP contribution in [0.2, 0.25) is 0 Å². The van der Waals surface area contributed by atoms with E-state index in [0.29, 0.717) is 11.6 Å². The molecule has 1 fully saturated rings. The first-order valence-corrected chi connectivity index (χ1v) is 7.32. The molecule has 0 aromatic heterocycles. The highest BCUT2D eigenvalue weighted by Gasteiger charge is 2.25. The molecule has 0 aliphatic carbocycles. The van der Waals surface area contributed by atoms with Gasteiger partial charge in [0.05, 0.1) is 11.3 Å². The van der Waals surface area contributed by atoms with E-state index >= 15 is 0 Å². The number of carboxylic acids is 1. The molecule has 4 heteroatoms. The van der Waals surface area contributed by atoms with E-state index in [1.54, 1.807) is 6.07 Å². The van der Waals surface area contributed by atoms with Crippen LogP contribution < -0.4 is 4.90 Å². The lowest BCUT2D eigenvalue weighted by Gasteiger charge is -2.33. The van der Waals surface area contributed by atoms with Crippen LogP contribution >= 0.6 is 0 Å². The van der Waals surface area contributed by atoms with Crippen LogP contribution in [0, 0.1) is 6.92 Å². The number of carboxylic acid groups (broad SMARTS) is 1. The lowest BCUT2D eigenvalue weighted by atomic mass is 10.1. The van der Waals surface area contributed by atoms with Crippen molar-refractivity contribution in [1.82, 2.24) is 4.90 Å². The van der Waals surface area contributed by atoms with Crippen molar-refractivity contribution in [2.75, 3.05) is 31.6 Å². The Balaban J connectivity index is 2.41. The van der Waals surface area contributed by atoms with Gasteiger partial charge in [-0.1, -0.05) is 13.0 Å². The number of aryl methyl sites for hydroxylation is 1. The summed E-state index contributed by atoms with van der Waals surface area (Å²) in [6, 6.07) is 5.99. The van der Waals surface area contributed by atoms with Gasteiger partial charge in [0.2, 0.25) is 0 Å². The molecule has 0 radical (unpaired) electrons. The molecule has 0 saturated carbocycles. The first-order chi connectivity index (χ1) is 9.52. The zero-order chi connectivity index (χ0) is 14.7. The molecular formula is C16H24N2O2. The van der Waals surface area contributed by atoms with Gasteiger partial charge in [-0.05, 0) is 51.1 Å². The van der Waals surface area contributed by atoms with Crippen LogP contribution in [0.15, 0.2) is 18.2 Å². The second kappa shape index (κ2) is 6.27. The monoisotopic (exact) mass is 276 g/mol. The Kier molecular flexibility index (Phi) is 4.65. The highest BCUT2D eigenvalue weighted by atomic mass is 16.4. The molecule has 110 valence electrons. The fourth-order valence-electron chi connectivity index (χ4n) is 2.97. The molecule has 1 unspecified atom stereocenters. The third-order valence-electron chi connectivity index (χ3n) is 4.07. The van der Waals surface area contributed by atoms with E-state index in [-0.39, 0.29) is 0 Å². The molecule has 0 bridgehead atoms. The van der Waals surface area contributed by atoms with Crippen LogP contribution in [-0.4, -0.2) is 48.7 Å². The molecule has 1 aliphatic heterocycles. The molecular weight excluding hydrogens is 252 g/mol. The van der Waals surface area contributed by atoms with Gasteiger partial charge in [-0.3, -0.25) is 0 Å². The number of hydrogen-bond acceptors (Lipinski definition) is 3. The molecule has 1 aromatic carbocycles. The number of likely N-dealkylation sites (N-methyl/N-ethyl adjacent to an activating group) is 1. The van der Waals surface area contributed by atoms with E-state index in [4.69, 9.17) is 0 Å². The van der Waals surface area contributed by atoms with Gasteiger partial charge in [-0.25, -0.2) is 4.79 Å². The Morgan fingerprint density at radius 1 is 1.40 bits per heavy atom. The predicted molar refractivity (Wildman–Crippen MR) is 81.7 cm³/mol. The summed E-state index contributed by atoms with van der Waals surface area (Å²) in [5, 5.41) is 9.43. The van der Waals surface area contributed by atoms with Crippen LogP contribution in [0.4, 0.5) is 5.69 Å². The average Bonchev–Trinajstić information content (AvgIpc) is 2.59. The van der Waals surface area contributed by atoms with Gasteiger partial charge >= 0.3 is 5.97 Å². The SMILES string of the molecule is CCC1CN(C)CCCN1c1cc(C)ccc1C(=O)O. The fourth-order valence-corrected chi connectivity index (χ4v) is 2.97. The lowest BCUT2D eigenvalue weighted by Crippen LogP contribution is -2.40. The lowest BCUT2D eigenvalue weighted by molar-refractivity contribution is 0.0697. The molecule has 1 aliphatic rings. The highest BCUT2D eigenvalue weighted by molar-refractivity contribution is 5.94. The van der Waals surface area contributed by atoms with Crippen LogP contribution in [0.3, 0.4) is 0 Å². The molecule has 4 nitrogen and oxygen atoms in total. The first-order valence-electron chi connectivity index (χ1n) is 7.32. The summed E-state index contributed by atoms with van der Waals surface area (Å²) in [4.78, 5) is 16.1. The summed E-state index contributed by atoms with van der Waals surface area (Å²) in [6.45, 7) is 7.17. The Labute approximate surface area is 121 Å². The Morgan fingerprint density at radius 2 is 2.15 bits per heavy atom. The predicted octanol–water partition coefficient (Wildman–Crippen LogP) is 2.61. The topological polar surface area (TPSA) is 43.8 Å². The van der Waals surface area contributed by atoms with Crippen molar-refractivity contribution >= 4 is 11.7 Å². The minimum atomic E-state index is -0.840. The third kappa shape index (κ3) is 3.12. The zero-order valence-corrected chi connectivity index (χ0v) is 12.6. The van der Waals surface area contributed by atoms with Crippen molar-refractivity contribution in [3.8, 4) is 0 Å².